The van der Waals surface area contributed by atoms with E-state index in [1.165, 1.54) is 5.56 Å². The lowest BCUT2D eigenvalue weighted by molar-refractivity contribution is 0.589. The molecule has 0 aliphatic heterocycles. The van der Waals surface area contributed by atoms with Crippen LogP contribution in [-0.2, 0) is 6.42 Å². The van der Waals surface area contributed by atoms with Crippen molar-refractivity contribution in [2.45, 2.75) is 19.4 Å². The van der Waals surface area contributed by atoms with Crippen molar-refractivity contribution in [2.75, 3.05) is 12.8 Å². The van der Waals surface area contributed by atoms with E-state index in [4.69, 9.17) is 17.3 Å². The largest absolute Gasteiger partial charge is 0.383 e. The Morgan fingerprint density at radius 2 is 2.16 bits per heavy atom. The SMILES string of the molecule is CNC(Cc1cccc(Cl)c1)c1c(C)ccnc1N. The maximum Gasteiger partial charge on any atom is 0.128 e. The molecule has 1 aromatic heterocycles. The zero-order valence-electron chi connectivity index (χ0n) is 11.2. The van der Waals surface area contributed by atoms with Crippen LogP contribution in [0.4, 0.5) is 5.82 Å². The number of pyridine rings is 1. The van der Waals surface area contributed by atoms with E-state index in [0.717, 1.165) is 22.6 Å². The minimum absolute atomic E-state index is 0.132. The van der Waals surface area contributed by atoms with Crippen LogP contribution in [0.15, 0.2) is 36.5 Å². The third-order valence-corrected chi connectivity index (χ3v) is 3.50. The number of nitrogens with zero attached hydrogens (tertiary/aromatic N) is 1. The van der Waals surface area contributed by atoms with Crippen LogP contribution in [0.5, 0.6) is 0 Å². The van der Waals surface area contributed by atoms with Gasteiger partial charge in [0.05, 0.1) is 0 Å². The number of nitrogen functional groups attached to an aromatic ring is 1. The lowest BCUT2D eigenvalue weighted by atomic mass is 9.96. The van der Waals surface area contributed by atoms with Gasteiger partial charge in [-0.3, -0.25) is 0 Å². The molecule has 100 valence electrons. The fourth-order valence-electron chi connectivity index (χ4n) is 2.29. The molecule has 3 nitrogen and oxygen atoms in total. The van der Waals surface area contributed by atoms with Gasteiger partial charge >= 0.3 is 0 Å². The van der Waals surface area contributed by atoms with Gasteiger partial charge in [0.2, 0.25) is 0 Å². The summed E-state index contributed by atoms with van der Waals surface area (Å²) in [5.41, 5.74) is 9.39. The Bertz CT molecular complexity index is 549. The van der Waals surface area contributed by atoms with Crippen LogP contribution in [0, 0.1) is 6.92 Å². The molecule has 0 fully saturated rings. The molecule has 0 bridgehead atoms. The molecule has 19 heavy (non-hydrogen) atoms. The van der Waals surface area contributed by atoms with Crippen LogP contribution < -0.4 is 11.1 Å². The van der Waals surface area contributed by atoms with E-state index in [-0.39, 0.29) is 6.04 Å². The number of hydrogen-bond donors (Lipinski definition) is 2. The average molecular weight is 276 g/mol. The van der Waals surface area contributed by atoms with Crippen LogP contribution in [0.2, 0.25) is 5.02 Å². The Labute approximate surface area is 118 Å². The first-order valence-corrected chi connectivity index (χ1v) is 6.62. The fraction of sp³-hybridized carbons (Fsp3) is 0.267. The summed E-state index contributed by atoms with van der Waals surface area (Å²) >= 11 is 6.02. The highest BCUT2D eigenvalue weighted by Crippen LogP contribution is 2.26. The van der Waals surface area contributed by atoms with Gasteiger partial charge in [-0.15, -0.1) is 0 Å². The van der Waals surface area contributed by atoms with Crippen molar-refractivity contribution in [3.05, 3.63) is 58.2 Å². The highest BCUT2D eigenvalue weighted by molar-refractivity contribution is 6.30. The zero-order valence-corrected chi connectivity index (χ0v) is 11.9. The smallest absolute Gasteiger partial charge is 0.128 e. The molecule has 1 heterocycles. The third-order valence-electron chi connectivity index (χ3n) is 3.26. The van der Waals surface area contributed by atoms with Gasteiger partial charge in [-0.05, 0) is 49.7 Å². The normalized spacial score (nSPS) is 12.4. The number of aromatic nitrogens is 1. The second-order valence-corrected chi connectivity index (χ2v) is 5.04. The predicted molar refractivity (Wildman–Crippen MR) is 80.3 cm³/mol. The van der Waals surface area contributed by atoms with Crippen molar-refractivity contribution < 1.29 is 0 Å². The molecular formula is C15H18ClN3. The second kappa shape index (κ2) is 6.04. The van der Waals surface area contributed by atoms with Crippen molar-refractivity contribution in [1.29, 1.82) is 0 Å². The third kappa shape index (κ3) is 3.25. The summed E-state index contributed by atoms with van der Waals surface area (Å²) in [6.45, 7) is 2.05. The number of halogens is 1. The molecule has 3 N–H and O–H groups in total. The Balaban J connectivity index is 2.30. The Kier molecular flexibility index (Phi) is 4.40. The van der Waals surface area contributed by atoms with Crippen molar-refractivity contribution >= 4 is 17.4 Å². The van der Waals surface area contributed by atoms with Crippen LogP contribution in [0.25, 0.3) is 0 Å². The molecule has 0 amide bonds. The molecule has 1 aromatic carbocycles. The van der Waals surface area contributed by atoms with Gasteiger partial charge in [-0.25, -0.2) is 4.98 Å². The minimum Gasteiger partial charge on any atom is -0.383 e. The molecule has 0 aliphatic rings. The highest BCUT2D eigenvalue weighted by atomic mass is 35.5. The summed E-state index contributed by atoms with van der Waals surface area (Å²) in [5.74, 6) is 0.585. The number of anilines is 1. The number of rotatable bonds is 4. The van der Waals surface area contributed by atoms with Gasteiger partial charge in [-0.2, -0.15) is 0 Å². The van der Waals surface area contributed by atoms with Gasteiger partial charge < -0.3 is 11.1 Å². The molecule has 4 heteroatoms. The maximum absolute atomic E-state index is 6.02. The summed E-state index contributed by atoms with van der Waals surface area (Å²) < 4.78 is 0. The number of benzene rings is 1. The summed E-state index contributed by atoms with van der Waals surface area (Å²) in [6, 6.07) is 10.00. The fourth-order valence-corrected chi connectivity index (χ4v) is 2.51. The van der Waals surface area contributed by atoms with E-state index in [0.29, 0.717) is 5.82 Å². The molecular weight excluding hydrogens is 258 g/mol. The van der Waals surface area contributed by atoms with Gasteiger partial charge in [0.25, 0.3) is 0 Å². The van der Waals surface area contributed by atoms with Crippen molar-refractivity contribution in [2.24, 2.45) is 0 Å². The van der Waals surface area contributed by atoms with Crippen molar-refractivity contribution in [3.63, 3.8) is 0 Å². The number of hydrogen-bond acceptors (Lipinski definition) is 3. The van der Waals surface area contributed by atoms with Gasteiger partial charge in [0.1, 0.15) is 5.82 Å². The quantitative estimate of drug-likeness (QED) is 0.901. The molecule has 0 saturated heterocycles. The number of aryl methyl sites for hydroxylation is 1. The number of nitrogens with two attached hydrogens (primary N) is 1. The van der Waals surface area contributed by atoms with Crippen LogP contribution in [-0.4, -0.2) is 12.0 Å². The Morgan fingerprint density at radius 3 is 2.79 bits per heavy atom. The number of nitrogens with one attached hydrogen (secondary N) is 1. The van der Waals surface area contributed by atoms with E-state index in [1.807, 2.05) is 31.3 Å². The molecule has 2 aromatic rings. The van der Waals surface area contributed by atoms with Gasteiger partial charge in [0, 0.05) is 22.8 Å². The molecule has 1 atom stereocenters. The summed E-state index contributed by atoms with van der Waals surface area (Å²) in [4.78, 5) is 4.18. The zero-order chi connectivity index (χ0) is 13.8. The highest BCUT2D eigenvalue weighted by Gasteiger charge is 2.16. The van der Waals surface area contributed by atoms with E-state index in [1.54, 1.807) is 6.20 Å². The molecule has 0 radical (unpaired) electrons. The first kappa shape index (κ1) is 13.8. The number of likely N-dealkylation sites (N-methyl/N-ethyl adjacent to an activating group) is 1. The lowest BCUT2D eigenvalue weighted by Crippen LogP contribution is -2.21. The van der Waals surface area contributed by atoms with E-state index >= 15 is 0 Å². The summed E-state index contributed by atoms with van der Waals surface area (Å²) in [5, 5.41) is 4.06. The Morgan fingerprint density at radius 1 is 1.37 bits per heavy atom. The standard InChI is InChI=1S/C15H18ClN3/c1-10-6-7-19-15(17)14(10)13(18-2)9-11-4-3-5-12(16)8-11/h3-8,13,18H,9H2,1-2H3,(H2,17,19). The van der Waals surface area contributed by atoms with Crippen LogP contribution in [0.1, 0.15) is 22.7 Å². The van der Waals surface area contributed by atoms with Crippen molar-refractivity contribution in [3.8, 4) is 0 Å². The van der Waals surface area contributed by atoms with E-state index in [2.05, 4.69) is 23.3 Å². The molecule has 0 spiro atoms. The monoisotopic (exact) mass is 275 g/mol. The summed E-state index contributed by atoms with van der Waals surface area (Å²) in [6.07, 6.45) is 2.56. The lowest BCUT2D eigenvalue weighted by Gasteiger charge is -2.20. The molecule has 2 rings (SSSR count). The summed E-state index contributed by atoms with van der Waals surface area (Å²) in [7, 11) is 1.93. The minimum atomic E-state index is 0.132. The van der Waals surface area contributed by atoms with Crippen LogP contribution in [0.3, 0.4) is 0 Å². The predicted octanol–water partition coefficient (Wildman–Crippen LogP) is 3.13. The first-order valence-electron chi connectivity index (χ1n) is 6.24. The molecule has 0 saturated carbocycles. The molecule has 1 unspecified atom stereocenters. The van der Waals surface area contributed by atoms with Gasteiger partial charge in [-0.1, -0.05) is 23.7 Å². The second-order valence-electron chi connectivity index (χ2n) is 4.60. The van der Waals surface area contributed by atoms with Crippen molar-refractivity contribution in [1.82, 2.24) is 10.3 Å². The first-order chi connectivity index (χ1) is 9.11. The van der Waals surface area contributed by atoms with E-state index < -0.39 is 0 Å². The topological polar surface area (TPSA) is 50.9 Å². The van der Waals surface area contributed by atoms with Gasteiger partial charge in [0.15, 0.2) is 0 Å². The maximum atomic E-state index is 6.02. The van der Waals surface area contributed by atoms with Crippen LogP contribution >= 0.6 is 11.6 Å². The average Bonchev–Trinajstić information content (AvgIpc) is 2.37. The molecule has 0 aliphatic carbocycles. The Hall–Kier alpha value is -1.58. The van der Waals surface area contributed by atoms with E-state index in [9.17, 15) is 0 Å².